The fourth-order valence-corrected chi connectivity index (χ4v) is 2.09. The first-order chi connectivity index (χ1) is 10.3. The molecule has 21 heavy (non-hydrogen) atoms. The maximum Gasteiger partial charge on any atom is 0.0314 e. The van der Waals surface area contributed by atoms with Crippen molar-refractivity contribution in [1.82, 2.24) is 0 Å². The van der Waals surface area contributed by atoms with E-state index in [4.69, 9.17) is 5.73 Å². The van der Waals surface area contributed by atoms with Crippen LogP contribution in [0, 0.1) is 11.8 Å². The largest absolute Gasteiger partial charge is 0.399 e. The Morgan fingerprint density at radius 2 is 1.00 bits per heavy atom. The van der Waals surface area contributed by atoms with Crippen LogP contribution in [0.25, 0.3) is 11.1 Å². The van der Waals surface area contributed by atoms with Crippen molar-refractivity contribution in [2.75, 3.05) is 5.73 Å². The molecule has 1 nitrogen and oxygen atoms in total. The van der Waals surface area contributed by atoms with E-state index in [0.717, 1.165) is 22.4 Å². The Morgan fingerprint density at radius 1 is 0.524 bits per heavy atom. The van der Waals surface area contributed by atoms with Gasteiger partial charge in [0.15, 0.2) is 0 Å². The van der Waals surface area contributed by atoms with Crippen molar-refractivity contribution in [2.45, 2.75) is 0 Å². The van der Waals surface area contributed by atoms with Gasteiger partial charge in [-0.3, -0.25) is 0 Å². The fourth-order valence-electron chi connectivity index (χ4n) is 2.09. The van der Waals surface area contributed by atoms with Crippen LogP contribution in [0.1, 0.15) is 11.1 Å². The van der Waals surface area contributed by atoms with Gasteiger partial charge in [0.05, 0.1) is 0 Å². The third-order valence-corrected chi connectivity index (χ3v) is 3.25. The molecule has 100 valence electrons. The predicted octanol–water partition coefficient (Wildman–Crippen LogP) is 4.34. The van der Waals surface area contributed by atoms with Gasteiger partial charge in [0.2, 0.25) is 0 Å². The van der Waals surface area contributed by atoms with Gasteiger partial charge < -0.3 is 5.73 Å². The maximum atomic E-state index is 5.71. The van der Waals surface area contributed by atoms with E-state index in [1.54, 1.807) is 0 Å². The zero-order valence-corrected chi connectivity index (χ0v) is 11.6. The molecule has 0 radical (unpaired) electrons. The van der Waals surface area contributed by atoms with Crippen LogP contribution in [-0.4, -0.2) is 0 Å². The van der Waals surface area contributed by atoms with Crippen molar-refractivity contribution in [2.24, 2.45) is 0 Å². The number of hydrogen-bond acceptors (Lipinski definition) is 1. The molecule has 0 unspecified atom stereocenters. The Bertz CT molecular complexity index is 773. The third kappa shape index (κ3) is 3.32. The minimum atomic E-state index is 0.782. The summed E-state index contributed by atoms with van der Waals surface area (Å²) in [4.78, 5) is 0. The first-order valence-electron chi connectivity index (χ1n) is 6.84. The molecule has 0 aliphatic heterocycles. The van der Waals surface area contributed by atoms with Crippen LogP contribution in [-0.2, 0) is 0 Å². The van der Waals surface area contributed by atoms with E-state index >= 15 is 0 Å². The SMILES string of the molecule is Nc1ccc(-c2ccc(C#Cc3ccccc3)cc2)cc1. The van der Waals surface area contributed by atoms with E-state index in [0.29, 0.717) is 0 Å². The molecule has 0 saturated heterocycles. The second-order valence-corrected chi connectivity index (χ2v) is 4.82. The van der Waals surface area contributed by atoms with E-state index < -0.39 is 0 Å². The van der Waals surface area contributed by atoms with Crippen molar-refractivity contribution in [3.05, 3.63) is 90.0 Å². The van der Waals surface area contributed by atoms with Gasteiger partial charge in [-0.05, 0) is 47.5 Å². The molecule has 0 aliphatic rings. The lowest BCUT2D eigenvalue weighted by atomic mass is 10.0. The molecular formula is C20H15N. The fraction of sp³-hybridized carbons (Fsp3) is 0. The summed E-state index contributed by atoms with van der Waals surface area (Å²) in [5.74, 6) is 6.34. The molecule has 0 heterocycles. The highest BCUT2D eigenvalue weighted by atomic mass is 14.5. The van der Waals surface area contributed by atoms with Gasteiger partial charge in [-0.1, -0.05) is 54.3 Å². The van der Waals surface area contributed by atoms with Crippen molar-refractivity contribution in [3.63, 3.8) is 0 Å². The van der Waals surface area contributed by atoms with E-state index in [9.17, 15) is 0 Å². The predicted molar refractivity (Wildman–Crippen MR) is 88.7 cm³/mol. The molecular weight excluding hydrogens is 254 g/mol. The van der Waals surface area contributed by atoms with Crippen LogP contribution in [0.4, 0.5) is 5.69 Å². The molecule has 0 saturated carbocycles. The van der Waals surface area contributed by atoms with Crippen molar-refractivity contribution >= 4 is 5.69 Å². The van der Waals surface area contributed by atoms with Gasteiger partial charge in [-0.25, -0.2) is 0 Å². The molecule has 0 aromatic heterocycles. The first kappa shape index (κ1) is 13.0. The van der Waals surface area contributed by atoms with Crippen LogP contribution in [0.5, 0.6) is 0 Å². The van der Waals surface area contributed by atoms with Crippen LogP contribution >= 0.6 is 0 Å². The molecule has 3 rings (SSSR count). The Morgan fingerprint density at radius 3 is 1.57 bits per heavy atom. The molecule has 0 spiro atoms. The average molecular weight is 269 g/mol. The normalized spacial score (nSPS) is 9.71. The number of benzene rings is 3. The summed E-state index contributed by atoms with van der Waals surface area (Å²) in [6, 6.07) is 26.1. The summed E-state index contributed by atoms with van der Waals surface area (Å²) >= 11 is 0. The molecule has 0 fully saturated rings. The summed E-state index contributed by atoms with van der Waals surface area (Å²) in [5, 5.41) is 0. The summed E-state index contributed by atoms with van der Waals surface area (Å²) in [7, 11) is 0. The second-order valence-electron chi connectivity index (χ2n) is 4.82. The topological polar surface area (TPSA) is 26.0 Å². The Kier molecular flexibility index (Phi) is 3.71. The lowest BCUT2D eigenvalue weighted by molar-refractivity contribution is 1.59. The number of nitrogens with two attached hydrogens (primary N) is 1. The summed E-state index contributed by atoms with van der Waals surface area (Å²) in [6.45, 7) is 0. The molecule has 3 aromatic carbocycles. The van der Waals surface area contributed by atoms with E-state index in [1.165, 1.54) is 5.56 Å². The minimum Gasteiger partial charge on any atom is -0.399 e. The number of nitrogen functional groups attached to an aromatic ring is 1. The lowest BCUT2D eigenvalue weighted by Gasteiger charge is -2.02. The molecule has 0 bridgehead atoms. The molecule has 2 N–H and O–H groups in total. The highest BCUT2D eigenvalue weighted by Gasteiger charge is 1.97. The molecule has 1 heteroatoms. The van der Waals surface area contributed by atoms with Crippen molar-refractivity contribution in [3.8, 4) is 23.0 Å². The maximum absolute atomic E-state index is 5.71. The van der Waals surface area contributed by atoms with Crippen LogP contribution in [0.15, 0.2) is 78.9 Å². The second kappa shape index (κ2) is 5.98. The van der Waals surface area contributed by atoms with Gasteiger partial charge in [-0.15, -0.1) is 0 Å². The molecule has 0 atom stereocenters. The zero-order chi connectivity index (χ0) is 14.5. The smallest absolute Gasteiger partial charge is 0.0314 e. The van der Waals surface area contributed by atoms with Gasteiger partial charge in [-0.2, -0.15) is 0 Å². The standard InChI is InChI=1S/C20H15N/c21-20-14-12-19(13-15-20)18-10-8-17(9-11-18)7-6-16-4-2-1-3-5-16/h1-5,8-15H,21H2. The quantitative estimate of drug-likeness (QED) is 0.516. The Labute approximate surface area is 125 Å². The monoisotopic (exact) mass is 269 g/mol. The lowest BCUT2D eigenvalue weighted by Crippen LogP contribution is -1.84. The zero-order valence-electron chi connectivity index (χ0n) is 11.6. The van der Waals surface area contributed by atoms with Crippen molar-refractivity contribution in [1.29, 1.82) is 0 Å². The van der Waals surface area contributed by atoms with E-state index in [-0.39, 0.29) is 0 Å². The van der Waals surface area contributed by atoms with E-state index in [1.807, 2.05) is 66.7 Å². The van der Waals surface area contributed by atoms with Gasteiger partial charge in [0.25, 0.3) is 0 Å². The summed E-state index contributed by atoms with van der Waals surface area (Å²) in [5.41, 5.74) is 10.9. The van der Waals surface area contributed by atoms with Crippen LogP contribution in [0.2, 0.25) is 0 Å². The minimum absolute atomic E-state index is 0.782. The summed E-state index contributed by atoms with van der Waals surface area (Å²) < 4.78 is 0. The van der Waals surface area contributed by atoms with Crippen molar-refractivity contribution < 1.29 is 0 Å². The number of rotatable bonds is 1. The van der Waals surface area contributed by atoms with Gasteiger partial charge >= 0.3 is 0 Å². The third-order valence-electron chi connectivity index (χ3n) is 3.25. The number of hydrogen-bond donors (Lipinski definition) is 1. The van der Waals surface area contributed by atoms with Crippen LogP contribution < -0.4 is 5.73 Å². The van der Waals surface area contributed by atoms with E-state index in [2.05, 4.69) is 24.0 Å². The average Bonchev–Trinajstić information content (AvgIpc) is 2.55. The molecule has 3 aromatic rings. The molecule has 0 aliphatic carbocycles. The van der Waals surface area contributed by atoms with Crippen LogP contribution in [0.3, 0.4) is 0 Å². The highest BCUT2D eigenvalue weighted by Crippen LogP contribution is 2.20. The summed E-state index contributed by atoms with van der Waals surface area (Å²) in [6.07, 6.45) is 0. The first-order valence-corrected chi connectivity index (χ1v) is 6.84. The number of anilines is 1. The highest BCUT2D eigenvalue weighted by molar-refractivity contribution is 5.66. The Balaban J connectivity index is 1.82. The molecule has 0 amide bonds. The van der Waals surface area contributed by atoms with Gasteiger partial charge in [0, 0.05) is 16.8 Å². The van der Waals surface area contributed by atoms with Gasteiger partial charge in [0.1, 0.15) is 0 Å². The Hall–Kier alpha value is -2.98.